The van der Waals surface area contributed by atoms with Crippen molar-refractivity contribution in [2.45, 2.75) is 68.6 Å². The monoisotopic (exact) mass is 417 g/mol. The van der Waals surface area contributed by atoms with E-state index in [2.05, 4.69) is 35.2 Å². The lowest BCUT2D eigenvalue weighted by Crippen LogP contribution is -2.73. The van der Waals surface area contributed by atoms with Crippen molar-refractivity contribution >= 4 is 5.78 Å². The van der Waals surface area contributed by atoms with Crippen molar-refractivity contribution < 1.29 is 14.6 Å². The summed E-state index contributed by atoms with van der Waals surface area (Å²) in [6, 6.07) is 16.7. The molecule has 1 saturated heterocycles. The molecule has 1 aliphatic heterocycles. The van der Waals surface area contributed by atoms with E-state index in [0.717, 1.165) is 48.7 Å². The Bertz CT molecular complexity index is 1000. The van der Waals surface area contributed by atoms with Crippen LogP contribution in [0, 0.1) is 5.92 Å². The van der Waals surface area contributed by atoms with Crippen LogP contribution in [0.25, 0.3) is 0 Å². The lowest BCUT2D eigenvalue weighted by molar-refractivity contribution is -0.173. The van der Waals surface area contributed by atoms with Gasteiger partial charge in [-0.05, 0) is 73.4 Å². The minimum atomic E-state index is -0.820. The SMILES string of the molecule is O=C1CCC2(O)C3Cc4ccc(OCc5ccccc5)cc4[C@@]2(CCN3CC2CC2)C1. The van der Waals surface area contributed by atoms with Crippen LogP contribution >= 0.6 is 0 Å². The summed E-state index contributed by atoms with van der Waals surface area (Å²) in [6.07, 6.45) is 5.93. The van der Waals surface area contributed by atoms with Gasteiger partial charge in [-0.3, -0.25) is 9.69 Å². The third kappa shape index (κ3) is 3.15. The lowest BCUT2D eigenvalue weighted by atomic mass is 9.49. The second-order valence-electron chi connectivity index (χ2n) is 10.2. The van der Waals surface area contributed by atoms with Crippen LogP contribution in [-0.2, 0) is 23.2 Å². The van der Waals surface area contributed by atoms with Gasteiger partial charge in [0.15, 0.2) is 0 Å². The van der Waals surface area contributed by atoms with Crippen molar-refractivity contribution in [1.82, 2.24) is 4.90 Å². The molecule has 1 N–H and O–H groups in total. The first-order valence-corrected chi connectivity index (χ1v) is 11.9. The highest BCUT2D eigenvalue weighted by Gasteiger charge is 2.64. The highest BCUT2D eigenvalue weighted by molar-refractivity contribution is 5.82. The van der Waals surface area contributed by atoms with E-state index in [1.54, 1.807) is 0 Å². The first-order valence-electron chi connectivity index (χ1n) is 11.9. The smallest absolute Gasteiger partial charge is 0.134 e. The first-order chi connectivity index (χ1) is 15.1. The van der Waals surface area contributed by atoms with Crippen LogP contribution in [0.1, 0.15) is 55.2 Å². The molecular formula is C27H31NO3. The Kier molecular flexibility index (Phi) is 4.52. The third-order valence-corrected chi connectivity index (χ3v) is 8.38. The van der Waals surface area contributed by atoms with Crippen LogP contribution in [-0.4, -0.2) is 40.5 Å². The van der Waals surface area contributed by atoms with Gasteiger partial charge in [-0.25, -0.2) is 0 Å². The lowest BCUT2D eigenvalue weighted by Gasteiger charge is -2.63. The Labute approximate surface area is 184 Å². The van der Waals surface area contributed by atoms with Gasteiger partial charge >= 0.3 is 0 Å². The van der Waals surface area contributed by atoms with Crippen LogP contribution in [0.5, 0.6) is 5.75 Å². The van der Waals surface area contributed by atoms with Gasteiger partial charge in [-0.2, -0.15) is 0 Å². The Morgan fingerprint density at radius 1 is 1.10 bits per heavy atom. The number of Topliss-reactive ketones (excluding diaryl/α,β-unsaturated/α-hetero) is 1. The molecule has 3 aliphatic carbocycles. The molecule has 2 aromatic carbocycles. The minimum absolute atomic E-state index is 0.124. The Hall–Kier alpha value is -2.17. The highest BCUT2D eigenvalue weighted by Crippen LogP contribution is 2.58. The summed E-state index contributed by atoms with van der Waals surface area (Å²) in [4.78, 5) is 15.2. The van der Waals surface area contributed by atoms with Crippen molar-refractivity contribution in [1.29, 1.82) is 0 Å². The number of benzene rings is 2. The molecule has 0 amide bonds. The molecule has 4 aliphatic rings. The predicted octanol–water partition coefficient (Wildman–Crippen LogP) is 4.03. The van der Waals surface area contributed by atoms with Gasteiger partial charge in [-0.1, -0.05) is 36.4 Å². The van der Waals surface area contributed by atoms with Gasteiger partial charge in [0, 0.05) is 30.8 Å². The molecule has 2 aromatic rings. The number of piperidine rings is 1. The molecule has 0 spiro atoms. The van der Waals surface area contributed by atoms with E-state index in [-0.39, 0.29) is 6.04 Å². The molecule has 2 saturated carbocycles. The van der Waals surface area contributed by atoms with Crippen LogP contribution in [0.3, 0.4) is 0 Å². The zero-order valence-electron chi connectivity index (χ0n) is 18.1. The van der Waals surface area contributed by atoms with E-state index < -0.39 is 11.0 Å². The largest absolute Gasteiger partial charge is 0.489 e. The summed E-state index contributed by atoms with van der Waals surface area (Å²) in [5, 5.41) is 12.2. The highest BCUT2D eigenvalue weighted by atomic mass is 16.5. The number of rotatable bonds is 5. The first kappa shape index (κ1) is 19.5. The third-order valence-electron chi connectivity index (χ3n) is 8.38. The molecule has 6 rings (SSSR count). The van der Waals surface area contributed by atoms with Gasteiger partial charge in [0.2, 0.25) is 0 Å². The number of likely N-dealkylation sites (tertiary alicyclic amines) is 1. The molecule has 162 valence electrons. The number of nitrogens with zero attached hydrogens (tertiary/aromatic N) is 1. The fourth-order valence-corrected chi connectivity index (χ4v) is 6.56. The fourth-order valence-electron chi connectivity index (χ4n) is 6.56. The van der Waals surface area contributed by atoms with E-state index in [1.165, 1.54) is 18.4 Å². The summed E-state index contributed by atoms with van der Waals surface area (Å²) in [5.74, 6) is 1.93. The number of carbonyl (C=O) groups is 1. The second kappa shape index (κ2) is 7.18. The molecule has 1 heterocycles. The Morgan fingerprint density at radius 3 is 2.74 bits per heavy atom. The van der Waals surface area contributed by atoms with Crippen LogP contribution in [0.4, 0.5) is 0 Å². The summed E-state index contributed by atoms with van der Waals surface area (Å²) in [7, 11) is 0. The average molecular weight is 418 g/mol. The van der Waals surface area contributed by atoms with Crippen molar-refractivity contribution in [3.05, 3.63) is 65.2 Å². The van der Waals surface area contributed by atoms with Gasteiger partial charge in [0.05, 0.1) is 5.60 Å². The van der Waals surface area contributed by atoms with Crippen molar-refractivity contribution in [2.75, 3.05) is 13.1 Å². The normalized spacial score (nSPS) is 32.3. The van der Waals surface area contributed by atoms with Crippen molar-refractivity contribution in [3.63, 3.8) is 0 Å². The van der Waals surface area contributed by atoms with Crippen LogP contribution < -0.4 is 4.74 Å². The number of aliphatic hydroxyl groups is 1. The molecule has 0 aromatic heterocycles. The van der Waals surface area contributed by atoms with Gasteiger partial charge < -0.3 is 9.84 Å². The zero-order valence-corrected chi connectivity index (χ0v) is 18.1. The number of ether oxygens (including phenoxy) is 1. The topological polar surface area (TPSA) is 49.8 Å². The standard InChI is InChI=1S/C27H31NO3/c29-22-10-11-27(30)25-14-21-8-9-23(31-18-20-4-2-1-3-5-20)15-24(21)26(27,16-22)12-13-28(25)17-19-6-7-19/h1-5,8-9,15,19,25,30H,6-7,10-14,16-18H2/t25?,26-,27?/m1/s1. The van der Waals surface area contributed by atoms with E-state index in [4.69, 9.17) is 4.74 Å². The molecule has 31 heavy (non-hydrogen) atoms. The fraction of sp³-hybridized carbons (Fsp3) is 0.519. The summed E-state index contributed by atoms with van der Waals surface area (Å²) < 4.78 is 6.14. The van der Waals surface area contributed by atoms with E-state index in [0.29, 0.717) is 31.7 Å². The number of fused-ring (bicyclic) bond motifs is 1. The molecule has 3 atom stereocenters. The van der Waals surface area contributed by atoms with Crippen molar-refractivity contribution in [3.8, 4) is 5.75 Å². The molecule has 2 bridgehead atoms. The second-order valence-corrected chi connectivity index (χ2v) is 10.2. The molecule has 3 fully saturated rings. The van der Waals surface area contributed by atoms with Crippen LogP contribution in [0.15, 0.2) is 48.5 Å². The molecule has 2 unspecified atom stereocenters. The van der Waals surface area contributed by atoms with Gasteiger partial charge in [0.25, 0.3) is 0 Å². The summed E-state index contributed by atoms with van der Waals surface area (Å²) in [6.45, 7) is 2.60. The van der Waals surface area contributed by atoms with Crippen LogP contribution in [0.2, 0.25) is 0 Å². The summed E-state index contributed by atoms with van der Waals surface area (Å²) in [5.41, 5.74) is 2.30. The van der Waals surface area contributed by atoms with E-state index in [9.17, 15) is 9.90 Å². The van der Waals surface area contributed by atoms with Gasteiger partial charge in [0.1, 0.15) is 18.1 Å². The molecule has 0 radical (unpaired) electrons. The average Bonchev–Trinajstić information content (AvgIpc) is 3.60. The maximum atomic E-state index is 12.7. The maximum absolute atomic E-state index is 12.7. The van der Waals surface area contributed by atoms with E-state index >= 15 is 0 Å². The number of carbonyl (C=O) groups excluding carboxylic acids is 1. The Morgan fingerprint density at radius 2 is 1.94 bits per heavy atom. The molecule has 4 nitrogen and oxygen atoms in total. The number of hydrogen-bond acceptors (Lipinski definition) is 4. The summed E-state index contributed by atoms with van der Waals surface area (Å²) >= 11 is 0. The quantitative estimate of drug-likeness (QED) is 0.798. The minimum Gasteiger partial charge on any atom is -0.489 e. The predicted molar refractivity (Wildman–Crippen MR) is 119 cm³/mol. The zero-order chi connectivity index (χ0) is 21.1. The van der Waals surface area contributed by atoms with E-state index in [1.807, 2.05) is 18.2 Å². The maximum Gasteiger partial charge on any atom is 0.134 e. The number of hydrogen-bond donors (Lipinski definition) is 1. The van der Waals surface area contributed by atoms with Gasteiger partial charge in [-0.15, -0.1) is 0 Å². The molecular weight excluding hydrogens is 386 g/mol. The van der Waals surface area contributed by atoms with Crippen molar-refractivity contribution in [2.24, 2.45) is 5.92 Å². The number of ketones is 1. The molecule has 4 heteroatoms. The Balaban J connectivity index is 1.36.